The Bertz CT molecular complexity index is 304. The Morgan fingerprint density at radius 2 is 2.31 bits per heavy atom. The average molecular weight is 223 g/mol. The predicted molar refractivity (Wildman–Crippen MR) is 66.4 cm³/mol. The van der Waals surface area contributed by atoms with E-state index in [1.165, 1.54) is 5.56 Å². The van der Waals surface area contributed by atoms with E-state index < -0.39 is 0 Å². The second-order valence-corrected chi connectivity index (χ2v) is 3.71. The van der Waals surface area contributed by atoms with Gasteiger partial charge in [0.15, 0.2) is 0 Å². The topological polar surface area (TPSA) is 48.4 Å². The van der Waals surface area contributed by atoms with Crippen LogP contribution in [0.25, 0.3) is 0 Å². The van der Waals surface area contributed by atoms with Gasteiger partial charge in [-0.1, -0.05) is 13.0 Å². The molecule has 0 aliphatic heterocycles. The molecule has 4 nitrogen and oxygen atoms in total. The summed E-state index contributed by atoms with van der Waals surface area (Å²) in [6, 6.07) is 4.04. The molecular formula is C12H21N3O. The monoisotopic (exact) mass is 223 g/mol. The maximum absolute atomic E-state index is 8.83. The van der Waals surface area contributed by atoms with E-state index in [2.05, 4.69) is 28.2 Å². The normalized spacial score (nSPS) is 10.8. The zero-order valence-electron chi connectivity index (χ0n) is 10.1. The Morgan fingerprint density at radius 1 is 1.50 bits per heavy atom. The molecule has 0 atom stereocenters. The summed E-state index contributed by atoms with van der Waals surface area (Å²) in [7, 11) is 1.88. The molecule has 0 aliphatic rings. The van der Waals surface area contributed by atoms with E-state index in [9.17, 15) is 0 Å². The summed E-state index contributed by atoms with van der Waals surface area (Å²) < 4.78 is 0. The van der Waals surface area contributed by atoms with Crippen LogP contribution < -0.4 is 5.32 Å². The maximum Gasteiger partial charge on any atom is 0.130 e. The average Bonchev–Trinajstić information content (AvgIpc) is 2.34. The van der Waals surface area contributed by atoms with Crippen LogP contribution >= 0.6 is 0 Å². The van der Waals surface area contributed by atoms with Gasteiger partial charge < -0.3 is 10.4 Å². The van der Waals surface area contributed by atoms with Gasteiger partial charge >= 0.3 is 0 Å². The van der Waals surface area contributed by atoms with Crippen molar-refractivity contribution in [2.75, 3.05) is 32.1 Å². The second-order valence-electron chi connectivity index (χ2n) is 3.71. The van der Waals surface area contributed by atoms with Crippen molar-refractivity contribution in [3.8, 4) is 0 Å². The van der Waals surface area contributed by atoms with E-state index in [0.29, 0.717) is 0 Å². The molecule has 0 radical (unpaired) electrons. The number of hydrogen-bond donors (Lipinski definition) is 2. The number of hydrogen-bond acceptors (Lipinski definition) is 4. The van der Waals surface area contributed by atoms with Crippen molar-refractivity contribution in [3.63, 3.8) is 0 Å². The SMILES string of the molecule is CCN(CCCO)Cc1cccnc1NC. The Labute approximate surface area is 97.3 Å². The van der Waals surface area contributed by atoms with E-state index in [1.54, 1.807) is 6.20 Å². The van der Waals surface area contributed by atoms with Crippen LogP contribution in [-0.2, 0) is 6.54 Å². The summed E-state index contributed by atoms with van der Waals surface area (Å²) >= 11 is 0. The molecule has 0 amide bonds. The van der Waals surface area contributed by atoms with Crippen LogP contribution in [0.2, 0.25) is 0 Å². The Balaban J connectivity index is 2.62. The lowest BCUT2D eigenvalue weighted by Gasteiger charge is -2.21. The number of pyridine rings is 1. The minimum atomic E-state index is 0.252. The van der Waals surface area contributed by atoms with Crippen molar-refractivity contribution in [2.45, 2.75) is 19.9 Å². The third kappa shape index (κ3) is 3.79. The highest BCUT2D eigenvalue weighted by atomic mass is 16.3. The van der Waals surface area contributed by atoms with Gasteiger partial charge in [0, 0.05) is 38.5 Å². The lowest BCUT2D eigenvalue weighted by Crippen LogP contribution is -2.25. The molecule has 2 N–H and O–H groups in total. The summed E-state index contributed by atoms with van der Waals surface area (Å²) in [5.41, 5.74) is 1.20. The van der Waals surface area contributed by atoms with Crippen LogP contribution in [-0.4, -0.2) is 41.7 Å². The molecule has 0 unspecified atom stereocenters. The van der Waals surface area contributed by atoms with Crippen LogP contribution in [0.4, 0.5) is 5.82 Å². The molecule has 1 aromatic heterocycles. The highest BCUT2D eigenvalue weighted by Crippen LogP contribution is 2.13. The van der Waals surface area contributed by atoms with Gasteiger partial charge in [-0.2, -0.15) is 0 Å². The first kappa shape index (κ1) is 12.9. The van der Waals surface area contributed by atoms with Gasteiger partial charge in [-0.3, -0.25) is 4.90 Å². The minimum absolute atomic E-state index is 0.252. The number of aliphatic hydroxyl groups excluding tert-OH is 1. The second kappa shape index (κ2) is 7.19. The fourth-order valence-electron chi connectivity index (χ4n) is 1.68. The van der Waals surface area contributed by atoms with Crippen LogP contribution in [0.3, 0.4) is 0 Å². The van der Waals surface area contributed by atoms with Crippen LogP contribution in [0.15, 0.2) is 18.3 Å². The van der Waals surface area contributed by atoms with Crippen molar-refractivity contribution in [1.82, 2.24) is 9.88 Å². The summed E-state index contributed by atoms with van der Waals surface area (Å²) in [5, 5.41) is 11.9. The fourth-order valence-corrected chi connectivity index (χ4v) is 1.68. The highest BCUT2D eigenvalue weighted by molar-refractivity contribution is 5.42. The van der Waals surface area contributed by atoms with Crippen molar-refractivity contribution >= 4 is 5.82 Å². The van der Waals surface area contributed by atoms with Crippen molar-refractivity contribution in [2.24, 2.45) is 0 Å². The van der Waals surface area contributed by atoms with Crippen LogP contribution in [0.5, 0.6) is 0 Å². The van der Waals surface area contributed by atoms with E-state index in [4.69, 9.17) is 5.11 Å². The highest BCUT2D eigenvalue weighted by Gasteiger charge is 2.06. The van der Waals surface area contributed by atoms with Gasteiger partial charge in [0.2, 0.25) is 0 Å². The summed E-state index contributed by atoms with van der Waals surface area (Å²) in [5.74, 6) is 0.935. The number of rotatable bonds is 7. The molecular weight excluding hydrogens is 202 g/mol. The van der Waals surface area contributed by atoms with Gasteiger partial charge in [0.25, 0.3) is 0 Å². The summed E-state index contributed by atoms with van der Waals surface area (Å²) in [6.45, 7) is 5.17. The Hall–Kier alpha value is -1.13. The number of aliphatic hydroxyl groups is 1. The molecule has 1 rings (SSSR count). The van der Waals surface area contributed by atoms with E-state index in [0.717, 1.165) is 31.9 Å². The number of nitrogens with one attached hydrogen (secondary N) is 1. The van der Waals surface area contributed by atoms with Crippen LogP contribution in [0.1, 0.15) is 18.9 Å². The largest absolute Gasteiger partial charge is 0.396 e. The van der Waals surface area contributed by atoms with Crippen molar-refractivity contribution in [1.29, 1.82) is 0 Å². The lowest BCUT2D eigenvalue weighted by molar-refractivity contribution is 0.225. The molecule has 0 bridgehead atoms. The number of anilines is 1. The van der Waals surface area contributed by atoms with E-state index in [1.807, 2.05) is 13.1 Å². The quantitative estimate of drug-likeness (QED) is 0.732. The number of aromatic nitrogens is 1. The number of nitrogens with zero attached hydrogens (tertiary/aromatic N) is 2. The third-order valence-electron chi connectivity index (χ3n) is 2.60. The molecule has 0 spiro atoms. The first-order chi connectivity index (χ1) is 7.81. The smallest absolute Gasteiger partial charge is 0.130 e. The van der Waals surface area contributed by atoms with Gasteiger partial charge in [-0.05, 0) is 19.0 Å². The fraction of sp³-hybridized carbons (Fsp3) is 0.583. The van der Waals surface area contributed by atoms with Crippen molar-refractivity contribution < 1.29 is 5.11 Å². The van der Waals surface area contributed by atoms with Gasteiger partial charge in [-0.25, -0.2) is 4.98 Å². The molecule has 16 heavy (non-hydrogen) atoms. The predicted octanol–water partition coefficient (Wildman–Crippen LogP) is 1.33. The Kier molecular flexibility index (Phi) is 5.82. The molecule has 4 heteroatoms. The lowest BCUT2D eigenvalue weighted by atomic mass is 10.2. The molecule has 0 aliphatic carbocycles. The third-order valence-corrected chi connectivity index (χ3v) is 2.60. The van der Waals surface area contributed by atoms with E-state index in [-0.39, 0.29) is 6.61 Å². The van der Waals surface area contributed by atoms with Gasteiger partial charge in [0.1, 0.15) is 5.82 Å². The zero-order valence-corrected chi connectivity index (χ0v) is 10.1. The van der Waals surface area contributed by atoms with E-state index >= 15 is 0 Å². The summed E-state index contributed by atoms with van der Waals surface area (Å²) in [6.07, 6.45) is 2.61. The minimum Gasteiger partial charge on any atom is -0.396 e. The molecule has 0 saturated carbocycles. The maximum atomic E-state index is 8.83. The molecule has 0 aromatic carbocycles. The first-order valence-electron chi connectivity index (χ1n) is 5.76. The van der Waals surface area contributed by atoms with Gasteiger partial charge in [0.05, 0.1) is 0 Å². The van der Waals surface area contributed by atoms with Crippen molar-refractivity contribution in [3.05, 3.63) is 23.9 Å². The van der Waals surface area contributed by atoms with Gasteiger partial charge in [-0.15, -0.1) is 0 Å². The molecule has 1 heterocycles. The van der Waals surface area contributed by atoms with Crippen LogP contribution in [0, 0.1) is 0 Å². The zero-order chi connectivity index (χ0) is 11.8. The molecule has 0 fully saturated rings. The molecule has 90 valence electrons. The molecule has 1 aromatic rings. The molecule has 0 saturated heterocycles. The first-order valence-corrected chi connectivity index (χ1v) is 5.76. The summed E-state index contributed by atoms with van der Waals surface area (Å²) in [4.78, 5) is 6.58. The standard InChI is InChI=1S/C12H21N3O/c1-3-15(8-5-9-16)10-11-6-4-7-14-12(11)13-2/h4,6-7,16H,3,5,8-10H2,1-2H3,(H,13,14). The Morgan fingerprint density at radius 3 is 2.94 bits per heavy atom.